The van der Waals surface area contributed by atoms with Crippen molar-refractivity contribution in [3.8, 4) is 5.75 Å². The molecular weight excluding hydrogens is 226 g/mol. The second-order valence-corrected chi connectivity index (χ2v) is 4.27. The molecular formula is C15H13NO2. The molecule has 2 aromatic rings. The molecule has 0 bridgehead atoms. The van der Waals surface area contributed by atoms with Gasteiger partial charge in [-0.25, -0.2) is 0 Å². The lowest BCUT2D eigenvalue weighted by molar-refractivity contribution is -0.120. The SMILES string of the molecule is Cc1ccccc1N1C(=O)COc2ccccc21. The van der Waals surface area contributed by atoms with E-state index in [0.29, 0.717) is 0 Å². The lowest BCUT2D eigenvalue weighted by Crippen LogP contribution is -2.35. The number of amides is 1. The molecule has 1 amide bonds. The maximum absolute atomic E-state index is 12.1. The average Bonchev–Trinajstić information content (AvgIpc) is 2.40. The van der Waals surface area contributed by atoms with Crippen molar-refractivity contribution in [3.63, 3.8) is 0 Å². The molecule has 90 valence electrons. The Morgan fingerprint density at radius 3 is 2.44 bits per heavy atom. The highest BCUT2D eigenvalue weighted by Crippen LogP contribution is 2.37. The fourth-order valence-corrected chi connectivity index (χ4v) is 2.18. The molecule has 18 heavy (non-hydrogen) atoms. The van der Waals surface area contributed by atoms with E-state index in [0.717, 1.165) is 22.7 Å². The van der Waals surface area contributed by atoms with Gasteiger partial charge in [0.05, 0.1) is 11.4 Å². The normalized spacial score (nSPS) is 14.1. The van der Waals surface area contributed by atoms with Crippen LogP contribution in [0.3, 0.4) is 0 Å². The Hall–Kier alpha value is -2.29. The molecule has 1 heterocycles. The molecule has 3 rings (SSSR count). The first-order chi connectivity index (χ1) is 8.77. The Morgan fingerprint density at radius 1 is 1.00 bits per heavy atom. The summed E-state index contributed by atoms with van der Waals surface area (Å²) >= 11 is 0. The topological polar surface area (TPSA) is 29.5 Å². The van der Waals surface area contributed by atoms with Crippen molar-refractivity contribution in [2.75, 3.05) is 11.5 Å². The minimum Gasteiger partial charge on any atom is -0.482 e. The summed E-state index contributed by atoms with van der Waals surface area (Å²) in [6, 6.07) is 15.5. The number of para-hydroxylation sites is 3. The third-order valence-corrected chi connectivity index (χ3v) is 3.06. The van der Waals surface area contributed by atoms with E-state index in [1.54, 1.807) is 4.90 Å². The van der Waals surface area contributed by atoms with Crippen LogP contribution in [0.15, 0.2) is 48.5 Å². The predicted octanol–water partition coefficient (Wildman–Crippen LogP) is 3.05. The molecule has 0 aromatic heterocycles. The minimum absolute atomic E-state index is 0.0389. The molecule has 2 aromatic carbocycles. The van der Waals surface area contributed by atoms with Gasteiger partial charge in [-0.3, -0.25) is 9.69 Å². The van der Waals surface area contributed by atoms with Crippen molar-refractivity contribution in [2.45, 2.75) is 6.92 Å². The van der Waals surface area contributed by atoms with Gasteiger partial charge in [0.2, 0.25) is 0 Å². The van der Waals surface area contributed by atoms with Gasteiger partial charge in [0.25, 0.3) is 5.91 Å². The lowest BCUT2D eigenvalue weighted by atomic mass is 10.1. The predicted molar refractivity (Wildman–Crippen MR) is 70.3 cm³/mol. The number of fused-ring (bicyclic) bond motifs is 1. The average molecular weight is 239 g/mol. The maximum Gasteiger partial charge on any atom is 0.269 e. The fourth-order valence-electron chi connectivity index (χ4n) is 2.18. The van der Waals surface area contributed by atoms with Gasteiger partial charge in [-0.1, -0.05) is 30.3 Å². The van der Waals surface area contributed by atoms with Crippen LogP contribution in [0.2, 0.25) is 0 Å². The number of benzene rings is 2. The number of carbonyl (C=O) groups is 1. The summed E-state index contributed by atoms with van der Waals surface area (Å²) in [5.74, 6) is 0.711. The van der Waals surface area contributed by atoms with E-state index in [2.05, 4.69) is 0 Å². The smallest absolute Gasteiger partial charge is 0.269 e. The number of hydrogen-bond donors (Lipinski definition) is 0. The van der Waals surface area contributed by atoms with E-state index >= 15 is 0 Å². The van der Waals surface area contributed by atoms with E-state index < -0.39 is 0 Å². The van der Waals surface area contributed by atoms with Gasteiger partial charge < -0.3 is 4.74 Å². The van der Waals surface area contributed by atoms with Crippen molar-refractivity contribution in [1.29, 1.82) is 0 Å². The van der Waals surface area contributed by atoms with E-state index in [9.17, 15) is 4.79 Å². The molecule has 0 aliphatic carbocycles. The Kier molecular flexibility index (Phi) is 2.52. The summed E-state index contributed by atoms with van der Waals surface area (Å²) in [5, 5.41) is 0. The molecule has 0 radical (unpaired) electrons. The number of carbonyl (C=O) groups excluding carboxylic acids is 1. The van der Waals surface area contributed by atoms with Crippen LogP contribution in [-0.4, -0.2) is 12.5 Å². The second-order valence-electron chi connectivity index (χ2n) is 4.27. The van der Waals surface area contributed by atoms with E-state index in [1.165, 1.54) is 0 Å². The van der Waals surface area contributed by atoms with Gasteiger partial charge >= 0.3 is 0 Å². The Bertz CT molecular complexity index is 607. The molecule has 0 fully saturated rings. The Morgan fingerprint density at radius 2 is 1.67 bits per heavy atom. The molecule has 1 aliphatic heterocycles. The van der Waals surface area contributed by atoms with Gasteiger partial charge in [-0.2, -0.15) is 0 Å². The van der Waals surface area contributed by atoms with Crippen molar-refractivity contribution < 1.29 is 9.53 Å². The quantitative estimate of drug-likeness (QED) is 0.765. The number of nitrogens with zero attached hydrogens (tertiary/aromatic N) is 1. The first kappa shape index (κ1) is 10.8. The third-order valence-electron chi connectivity index (χ3n) is 3.06. The second kappa shape index (κ2) is 4.18. The molecule has 1 aliphatic rings. The molecule has 0 saturated carbocycles. The Labute approximate surface area is 106 Å². The summed E-state index contributed by atoms with van der Waals surface area (Å²) in [6.45, 7) is 2.09. The van der Waals surface area contributed by atoms with E-state index in [4.69, 9.17) is 4.74 Å². The van der Waals surface area contributed by atoms with Crippen LogP contribution >= 0.6 is 0 Å². The Balaban J connectivity index is 2.17. The van der Waals surface area contributed by atoms with Crippen LogP contribution in [0.1, 0.15) is 5.56 Å². The zero-order valence-electron chi connectivity index (χ0n) is 10.1. The first-order valence-corrected chi connectivity index (χ1v) is 5.88. The molecule has 0 unspecified atom stereocenters. The molecule has 3 nitrogen and oxygen atoms in total. The number of hydrogen-bond acceptors (Lipinski definition) is 2. The number of aryl methyl sites for hydroxylation is 1. The summed E-state index contributed by atoms with van der Waals surface area (Å²) in [4.78, 5) is 13.8. The highest BCUT2D eigenvalue weighted by Gasteiger charge is 2.27. The minimum atomic E-state index is -0.0389. The van der Waals surface area contributed by atoms with Crippen LogP contribution in [0.25, 0.3) is 0 Å². The van der Waals surface area contributed by atoms with Crippen molar-refractivity contribution >= 4 is 17.3 Å². The van der Waals surface area contributed by atoms with Gasteiger partial charge in [0.1, 0.15) is 5.75 Å². The third kappa shape index (κ3) is 1.64. The largest absolute Gasteiger partial charge is 0.482 e. The molecule has 3 heteroatoms. The van der Waals surface area contributed by atoms with Crippen molar-refractivity contribution in [1.82, 2.24) is 0 Å². The van der Waals surface area contributed by atoms with Gasteiger partial charge in [-0.15, -0.1) is 0 Å². The summed E-state index contributed by atoms with van der Waals surface area (Å²) in [6.07, 6.45) is 0. The number of ether oxygens (including phenoxy) is 1. The highest BCUT2D eigenvalue weighted by atomic mass is 16.5. The van der Waals surface area contributed by atoms with E-state index in [1.807, 2.05) is 55.5 Å². The summed E-state index contributed by atoms with van der Waals surface area (Å²) in [5.41, 5.74) is 2.80. The van der Waals surface area contributed by atoms with Crippen LogP contribution in [-0.2, 0) is 4.79 Å². The number of anilines is 2. The summed E-state index contributed by atoms with van der Waals surface area (Å²) in [7, 11) is 0. The van der Waals surface area contributed by atoms with Gasteiger partial charge in [0, 0.05) is 0 Å². The number of rotatable bonds is 1. The zero-order chi connectivity index (χ0) is 12.5. The zero-order valence-corrected chi connectivity index (χ0v) is 10.1. The lowest BCUT2D eigenvalue weighted by Gasteiger charge is -2.30. The molecule has 0 saturated heterocycles. The highest BCUT2D eigenvalue weighted by molar-refractivity contribution is 6.04. The monoisotopic (exact) mass is 239 g/mol. The molecule has 0 N–H and O–H groups in total. The molecule has 0 spiro atoms. The van der Waals surface area contributed by atoms with Crippen LogP contribution in [0.5, 0.6) is 5.75 Å². The fraction of sp³-hybridized carbons (Fsp3) is 0.133. The summed E-state index contributed by atoms with van der Waals surface area (Å²) < 4.78 is 5.44. The van der Waals surface area contributed by atoms with Crippen molar-refractivity contribution in [3.05, 3.63) is 54.1 Å². The van der Waals surface area contributed by atoms with Gasteiger partial charge in [-0.05, 0) is 30.7 Å². The van der Waals surface area contributed by atoms with Crippen LogP contribution in [0.4, 0.5) is 11.4 Å². The maximum atomic E-state index is 12.1. The van der Waals surface area contributed by atoms with Crippen LogP contribution in [0, 0.1) is 6.92 Å². The first-order valence-electron chi connectivity index (χ1n) is 5.88. The standard InChI is InChI=1S/C15H13NO2/c1-11-6-2-3-7-12(11)16-13-8-4-5-9-14(13)18-10-15(16)17/h2-9H,10H2,1H3. The van der Waals surface area contributed by atoms with Crippen LogP contribution < -0.4 is 9.64 Å². The molecule has 0 atom stereocenters. The van der Waals surface area contributed by atoms with Gasteiger partial charge in [0.15, 0.2) is 6.61 Å². The van der Waals surface area contributed by atoms with E-state index in [-0.39, 0.29) is 12.5 Å². The van der Waals surface area contributed by atoms with Crippen molar-refractivity contribution in [2.24, 2.45) is 0 Å².